The average Bonchev–Trinajstić information content (AvgIpc) is 3.31. The Balaban J connectivity index is 1.49. The Morgan fingerprint density at radius 2 is 1.75 bits per heavy atom. The van der Waals surface area contributed by atoms with E-state index >= 15 is 0 Å². The topological polar surface area (TPSA) is 89.6 Å². The fourth-order valence-corrected chi connectivity index (χ4v) is 5.29. The van der Waals surface area contributed by atoms with Crippen LogP contribution in [0, 0.1) is 11.3 Å². The minimum Gasteiger partial charge on any atom is -0.491 e. The third-order valence-electron chi connectivity index (χ3n) is 7.14. The molecule has 0 N–H and O–H groups in total. The summed E-state index contributed by atoms with van der Waals surface area (Å²) in [6.45, 7) is 11.0. The smallest absolute Gasteiger partial charge is 0.410 e. The Hall–Kier alpha value is -4.25. The van der Waals surface area contributed by atoms with E-state index in [4.69, 9.17) is 19.2 Å². The van der Waals surface area contributed by atoms with E-state index in [9.17, 15) is 10.1 Å². The molecule has 0 saturated carbocycles. The monoisotopic (exact) mass is 540 g/mol. The molecule has 0 bridgehead atoms. The average molecular weight is 541 g/mol. The lowest BCUT2D eigenvalue weighted by Crippen LogP contribution is -2.44. The zero-order chi connectivity index (χ0) is 28.6. The fourth-order valence-electron chi connectivity index (χ4n) is 5.29. The number of methoxy groups -OCH3 is 1. The van der Waals surface area contributed by atoms with Gasteiger partial charge in [0.1, 0.15) is 23.0 Å². The number of rotatable bonds is 5. The first-order chi connectivity index (χ1) is 19.1. The number of piperidine rings is 1. The molecule has 0 radical (unpaired) electrons. The molecule has 2 heterocycles. The van der Waals surface area contributed by atoms with Gasteiger partial charge in [0.15, 0.2) is 11.5 Å². The van der Waals surface area contributed by atoms with Gasteiger partial charge in [-0.2, -0.15) is 5.26 Å². The molecule has 0 unspecified atom stereocenters. The highest BCUT2D eigenvalue weighted by molar-refractivity contribution is 5.97. The van der Waals surface area contributed by atoms with E-state index in [1.807, 2.05) is 69.3 Å². The molecular formula is C32H36N4O4. The molecule has 8 nitrogen and oxygen atoms in total. The predicted molar refractivity (Wildman–Crippen MR) is 155 cm³/mol. The second kappa shape index (κ2) is 10.7. The van der Waals surface area contributed by atoms with Gasteiger partial charge in [-0.15, -0.1) is 0 Å². The maximum atomic E-state index is 12.5. The zero-order valence-electron chi connectivity index (χ0n) is 24.0. The van der Waals surface area contributed by atoms with Crippen molar-refractivity contribution in [2.45, 2.75) is 65.1 Å². The summed E-state index contributed by atoms with van der Waals surface area (Å²) in [6.07, 6.45) is 1.05. The summed E-state index contributed by atoms with van der Waals surface area (Å²) in [4.78, 5) is 19.3. The predicted octanol–water partition coefficient (Wildman–Crippen LogP) is 6.96. The minimum absolute atomic E-state index is 0.0563. The molecule has 1 saturated heterocycles. The SMILES string of the molecule is COc1c(OC2CCN(C(=O)OC(C)(C)C)CC2)ccc2c1nc(C(C)C)n2-c1ccc(C#N)c2ccccc12. The summed E-state index contributed by atoms with van der Waals surface area (Å²) in [5, 5.41) is 11.6. The van der Waals surface area contributed by atoms with Gasteiger partial charge >= 0.3 is 6.09 Å². The van der Waals surface area contributed by atoms with Gasteiger partial charge in [0.2, 0.25) is 0 Å². The number of nitriles is 1. The summed E-state index contributed by atoms with van der Waals surface area (Å²) in [5.41, 5.74) is 2.72. The number of fused-ring (bicyclic) bond motifs is 2. The molecule has 0 aliphatic carbocycles. The fraction of sp³-hybridized carbons (Fsp3) is 0.406. The molecule has 1 aliphatic heterocycles. The van der Waals surface area contributed by atoms with Crippen LogP contribution < -0.4 is 9.47 Å². The van der Waals surface area contributed by atoms with Gasteiger partial charge in [0, 0.05) is 42.6 Å². The lowest BCUT2D eigenvalue weighted by Gasteiger charge is -2.33. The number of nitrogens with zero attached hydrogens (tertiary/aromatic N) is 4. The van der Waals surface area contributed by atoms with Crippen LogP contribution in [-0.2, 0) is 4.74 Å². The lowest BCUT2D eigenvalue weighted by atomic mass is 10.0. The lowest BCUT2D eigenvalue weighted by molar-refractivity contribution is 0.0124. The van der Waals surface area contributed by atoms with Gasteiger partial charge in [-0.25, -0.2) is 9.78 Å². The summed E-state index contributed by atoms with van der Waals surface area (Å²) < 4.78 is 20.0. The highest BCUT2D eigenvalue weighted by atomic mass is 16.6. The zero-order valence-corrected chi connectivity index (χ0v) is 24.0. The van der Waals surface area contributed by atoms with Gasteiger partial charge in [-0.1, -0.05) is 38.1 Å². The van der Waals surface area contributed by atoms with Crippen molar-refractivity contribution in [3.05, 3.63) is 59.9 Å². The standard InChI is InChI=1S/C32H36N4O4/c1-20(2)30-34-28-26(36(30)25-12-11-21(19-33)23-9-7-8-10-24(23)25)13-14-27(29(28)38-6)39-22-15-17-35(18-16-22)31(37)40-32(3,4)5/h7-14,20,22H,15-18H2,1-6H3. The van der Waals surface area contributed by atoms with Gasteiger partial charge in [-0.05, 0) is 45.0 Å². The maximum absolute atomic E-state index is 12.5. The molecule has 1 aliphatic rings. The molecule has 0 atom stereocenters. The van der Waals surface area contributed by atoms with E-state index in [0.717, 1.165) is 33.3 Å². The van der Waals surface area contributed by atoms with E-state index in [0.29, 0.717) is 43.0 Å². The van der Waals surface area contributed by atoms with E-state index in [-0.39, 0.29) is 18.1 Å². The third kappa shape index (κ3) is 5.16. The third-order valence-corrected chi connectivity index (χ3v) is 7.14. The van der Waals surface area contributed by atoms with E-state index < -0.39 is 5.60 Å². The molecule has 5 rings (SSSR count). The number of aromatic nitrogens is 2. The largest absolute Gasteiger partial charge is 0.491 e. The summed E-state index contributed by atoms with van der Waals surface area (Å²) in [7, 11) is 1.64. The van der Waals surface area contributed by atoms with Crippen molar-refractivity contribution in [3.8, 4) is 23.3 Å². The number of hydrogen-bond donors (Lipinski definition) is 0. The minimum atomic E-state index is -0.518. The van der Waals surface area contributed by atoms with Crippen LogP contribution in [0.25, 0.3) is 27.5 Å². The molecule has 8 heteroatoms. The van der Waals surface area contributed by atoms with Crippen LogP contribution in [0.5, 0.6) is 11.5 Å². The highest BCUT2D eigenvalue weighted by Crippen LogP contribution is 2.40. The van der Waals surface area contributed by atoms with Crippen molar-refractivity contribution in [2.24, 2.45) is 0 Å². The number of ether oxygens (including phenoxy) is 3. The van der Waals surface area contributed by atoms with Crippen molar-refractivity contribution in [3.63, 3.8) is 0 Å². The van der Waals surface area contributed by atoms with Crippen LogP contribution in [-0.4, -0.2) is 52.4 Å². The van der Waals surface area contributed by atoms with Gasteiger partial charge in [0.05, 0.1) is 29.9 Å². The molecule has 3 aromatic carbocycles. The second-order valence-electron chi connectivity index (χ2n) is 11.5. The number of carbonyl (C=O) groups is 1. The number of imidazole rings is 1. The normalized spacial score (nSPS) is 14.5. The van der Waals surface area contributed by atoms with Crippen molar-refractivity contribution < 1.29 is 19.0 Å². The molecular weight excluding hydrogens is 504 g/mol. The molecule has 4 aromatic rings. The van der Waals surface area contributed by atoms with Crippen LogP contribution in [0.3, 0.4) is 0 Å². The van der Waals surface area contributed by atoms with E-state index in [1.54, 1.807) is 12.0 Å². The van der Waals surface area contributed by atoms with Crippen LogP contribution in [0.15, 0.2) is 48.5 Å². The second-order valence-corrected chi connectivity index (χ2v) is 11.5. The number of likely N-dealkylation sites (tertiary alicyclic amines) is 1. The van der Waals surface area contributed by atoms with Crippen LogP contribution >= 0.6 is 0 Å². The molecule has 1 amide bonds. The number of carbonyl (C=O) groups excluding carboxylic acids is 1. The van der Waals surface area contributed by atoms with Gasteiger partial charge < -0.3 is 19.1 Å². The van der Waals surface area contributed by atoms with Crippen molar-refractivity contribution >= 4 is 27.9 Å². The van der Waals surface area contributed by atoms with Crippen molar-refractivity contribution in [1.82, 2.24) is 14.5 Å². The Bertz CT molecular complexity index is 1600. The van der Waals surface area contributed by atoms with Gasteiger partial charge in [-0.3, -0.25) is 4.57 Å². The Labute approximate surface area is 235 Å². The van der Waals surface area contributed by atoms with Gasteiger partial charge in [0.25, 0.3) is 0 Å². The summed E-state index contributed by atoms with van der Waals surface area (Å²) in [5.74, 6) is 2.25. The number of benzene rings is 3. The van der Waals surface area contributed by atoms with E-state index in [2.05, 4.69) is 24.5 Å². The van der Waals surface area contributed by atoms with Crippen molar-refractivity contribution in [2.75, 3.05) is 20.2 Å². The molecule has 1 aromatic heterocycles. The first-order valence-corrected chi connectivity index (χ1v) is 13.8. The molecule has 0 spiro atoms. The molecule has 40 heavy (non-hydrogen) atoms. The van der Waals surface area contributed by atoms with E-state index in [1.165, 1.54) is 0 Å². The Kier molecular flexibility index (Phi) is 7.33. The Morgan fingerprint density at radius 1 is 1.05 bits per heavy atom. The number of amides is 1. The summed E-state index contributed by atoms with van der Waals surface area (Å²) in [6, 6.07) is 18.1. The number of hydrogen-bond acceptors (Lipinski definition) is 6. The van der Waals surface area contributed by atoms with Crippen LogP contribution in [0.1, 0.15) is 64.8 Å². The highest BCUT2D eigenvalue weighted by Gasteiger charge is 2.29. The molecule has 1 fully saturated rings. The first-order valence-electron chi connectivity index (χ1n) is 13.8. The van der Waals surface area contributed by atoms with Crippen molar-refractivity contribution in [1.29, 1.82) is 5.26 Å². The first kappa shape index (κ1) is 27.3. The quantitative estimate of drug-likeness (QED) is 0.272. The maximum Gasteiger partial charge on any atom is 0.410 e. The molecule has 208 valence electrons. The van der Waals surface area contributed by atoms with Crippen LogP contribution in [0.2, 0.25) is 0 Å². The summed E-state index contributed by atoms with van der Waals surface area (Å²) >= 11 is 0. The van der Waals surface area contributed by atoms with Crippen LogP contribution in [0.4, 0.5) is 4.79 Å². The Morgan fingerprint density at radius 3 is 2.38 bits per heavy atom.